The summed E-state index contributed by atoms with van der Waals surface area (Å²) in [7, 11) is 0. The third kappa shape index (κ3) is 7.40. The van der Waals surface area contributed by atoms with Crippen LogP contribution in [0.25, 0.3) is 0 Å². The van der Waals surface area contributed by atoms with Crippen molar-refractivity contribution in [3.05, 3.63) is 70.8 Å². The van der Waals surface area contributed by atoms with Gasteiger partial charge < -0.3 is 10.2 Å². The lowest BCUT2D eigenvalue weighted by Gasteiger charge is -2.31. The van der Waals surface area contributed by atoms with E-state index in [0.717, 1.165) is 29.7 Å². The molecule has 5 heteroatoms. The van der Waals surface area contributed by atoms with Crippen LogP contribution in [-0.4, -0.2) is 34.6 Å². The summed E-state index contributed by atoms with van der Waals surface area (Å²) >= 11 is 1.60. The molecular weight excluding hydrogens is 416 g/mol. The molecule has 2 amide bonds. The number of rotatable bonds is 9. The fourth-order valence-corrected chi connectivity index (χ4v) is 5.05. The van der Waals surface area contributed by atoms with E-state index in [0.29, 0.717) is 12.3 Å². The average molecular weight is 453 g/mol. The minimum atomic E-state index is -0.495. The fraction of sp³-hybridized carbons (Fsp3) is 0.481. The lowest BCUT2D eigenvalue weighted by Crippen LogP contribution is -2.50. The minimum absolute atomic E-state index is 0.00918. The van der Waals surface area contributed by atoms with E-state index in [2.05, 4.69) is 42.6 Å². The Hall–Kier alpha value is -2.27. The molecule has 2 aromatic carbocycles. The summed E-state index contributed by atoms with van der Waals surface area (Å²) in [5, 5.41) is 3.20. The van der Waals surface area contributed by atoms with Gasteiger partial charge in [-0.3, -0.25) is 9.59 Å². The van der Waals surface area contributed by atoms with E-state index >= 15 is 0 Å². The van der Waals surface area contributed by atoms with E-state index < -0.39 is 6.04 Å². The maximum Gasteiger partial charge on any atom is 0.242 e. The predicted molar refractivity (Wildman–Crippen MR) is 134 cm³/mol. The summed E-state index contributed by atoms with van der Waals surface area (Å²) < 4.78 is 0. The number of benzene rings is 2. The highest BCUT2D eigenvalue weighted by atomic mass is 32.2. The highest BCUT2D eigenvalue weighted by molar-refractivity contribution is 7.99. The molecule has 4 nitrogen and oxygen atoms in total. The second-order valence-electron chi connectivity index (χ2n) is 9.01. The third-order valence-corrected chi connectivity index (χ3v) is 7.16. The van der Waals surface area contributed by atoms with Crippen LogP contribution in [0.15, 0.2) is 48.5 Å². The molecule has 0 aliphatic heterocycles. The number of amides is 2. The molecule has 2 aromatic rings. The summed E-state index contributed by atoms with van der Waals surface area (Å²) in [4.78, 5) is 28.0. The van der Waals surface area contributed by atoms with Crippen molar-refractivity contribution in [2.24, 2.45) is 0 Å². The van der Waals surface area contributed by atoms with Crippen molar-refractivity contribution < 1.29 is 9.59 Å². The standard InChI is InChI=1S/C27H36N2O2S/c1-20-12-14-23(15-13-20)18-32-19-26(30)29(17-24-9-7-8-21(2)16-24)22(3)27(31)28-25-10-5-4-6-11-25/h7-9,12-16,22,25H,4-6,10-11,17-19H2,1-3H3,(H,28,31). The molecule has 0 bridgehead atoms. The topological polar surface area (TPSA) is 49.4 Å². The van der Waals surface area contributed by atoms with Gasteiger partial charge in [-0.15, -0.1) is 11.8 Å². The van der Waals surface area contributed by atoms with Crippen LogP contribution in [0.1, 0.15) is 61.3 Å². The number of nitrogens with zero attached hydrogens (tertiary/aromatic N) is 1. The number of carbonyl (C=O) groups is 2. The minimum Gasteiger partial charge on any atom is -0.352 e. The molecule has 1 aliphatic carbocycles. The second kappa shape index (κ2) is 12.1. The quantitative estimate of drug-likeness (QED) is 0.554. The first kappa shape index (κ1) is 24.4. The smallest absolute Gasteiger partial charge is 0.242 e. The second-order valence-corrected chi connectivity index (χ2v) is 9.99. The van der Waals surface area contributed by atoms with Crippen molar-refractivity contribution in [1.82, 2.24) is 10.2 Å². The van der Waals surface area contributed by atoms with Crippen molar-refractivity contribution in [1.29, 1.82) is 0 Å². The molecule has 0 radical (unpaired) electrons. The summed E-state index contributed by atoms with van der Waals surface area (Å²) in [6, 6.07) is 16.3. The van der Waals surface area contributed by atoms with Crippen LogP contribution in [0.2, 0.25) is 0 Å². The monoisotopic (exact) mass is 452 g/mol. The first-order chi connectivity index (χ1) is 15.4. The fourth-order valence-electron chi connectivity index (χ4n) is 4.18. The first-order valence-corrected chi connectivity index (χ1v) is 12.9. The van der Waals surface area contributed by atoms with Crippen molar-refractivity contribution in [3.63, 3.8) is 0 Å². The number of thioether (sulfide) groups is 1. The van der Waals surface area contributed by atoms with E-state index in [1.165, 1.54) is 30.4 Å². The molecule has 3 rings (SSSR count). The molecular formula is C27H36N2O2S. The third-order valence-electron chi connectivity index (χ3n) is 6.17. The Kier molecular flexibility index (Phi) is 9.22. The van der Waals surface area contributed by atoms with Crippen molar-refractivity contribution in [2.75, 3.05) is 5.75 Å². The molecule has 1 fully saturated rings. The molecule has 1 saturated carbocycles. The van der Waals surface area contributed by atoms with Gasteiger partial charge in [0.2, 0.25) is 11.8 Å². The zero-order valence-electron chi connectivity index (χ0n) is 19.6. The van der Waals surface area contributed by atoms with Gasteiger partial charge in [0.25, 0.3) is 0 Å². The Morgan fingerprint density at radius 1 is 1.00 bits per heavy atom. The normalized spacial score (nSPS) is 15.2. The number of aryl methyl sites for hydroxylation is 2. The number of nitrogens with one attached hydrogen (secondary N) is 1. The number of hydrogen-bond acceptors (Lipinski definition) is 3. The zero-order valence-corrected chi connectivity index (χ0v) is 20.4. The van der Waals surface area contributed by atoms with Gasteiger partial charge in [0.1, 0.15) is 6.04 Å². The van der Waals surface area contributed by atoms with Gasteiger partial charge >= 0.3 is 0 Å². The summed E-state index contributed by atoms with van der Waals surface area (Å²) in [6.45, 7) is 6.43. The highest BCUT2D eigenvalue weighted by Gasteiger charge is 2.28. The van der Waals surface area contributed by atoms with Gasteiger partial charge in [-0.1, -0.05) is 78.9 Å². The maximum absolute atomic E-state index is 13.2. The molecule has 0 saturated heterocycles. The Morgan fingerprint density at radius 3 is 2.41 bits per heavy atom. The van der Waals surface area contributed by atoms with E-state index in [4.69, 9.17) is 0 Å². The lowest BCUT2D eigenvalue weighted by molar-refractivity contribution is -0.139. The Balaban J connectivity index is 1.64. The van der Waals surface area contributed by atoms with Gasteiger partial charge in [0.05, 0.1) is 5.75 Å². The van der Waals surface area contributed by atoms with Gasteiger partial charge in [-0.05, 0) is 44.7 Å². The Labute approximate surface area is 197 Å². The van der Waals surface area contributed by atoms with E-state index in [9.17, 15) is 9.59 Å². The average Bonchev–Trinajstić information content (AvgIpc) is 2.79. The predicted octanol–water partition coefficient (Wildman–Crippen LogP) is 5.40. The largest absolute Gasteiger partial charge is 0.352 e. The van der Waals surface area contributed by atoms with Crippen LogP contribution in [0, 0.1) is 13.8 Å². The van der Waals surface area contributed by atoms with Crippen LogP contribution in [0.4, 0.5) is 0 Å². The maximum atomic E-state index is 13.2. The van der Waals surface area contributed by atoms with E-state index in [1.54, 1.807) is 16.7 Å². The van der Waals surface area contributed by atoms with Gasteiger partial charge in [0, 0.05) is 18.3 Å². The van der Waals surface area contributed by atoms with Crippen LogP contribution < -0.4 is 5.32 Å². The van der Waals surface area contributed by atoms with Crippen LogP contribution in [0.5, 0.6) is 0 Å². The molecule has 1 aliphatic rings. The zero-order chi connectivity index (χ0) is 22.9. The molecule has 1 unspecified atom stereocenters. The van der Waals surface area contributed by atoms with Crippen molar-refractivity contribution in [3.8, 4) is 0 Å². The van der Waals surface area contributed by atoms with E-state index in [1.807, 2.05) is 32.0 Å². The first-order valence-electron chi connectivity index (χ1n) is 11.7. The van der Waals surface area contributed by atoms with Crippen LogP contribution in [-0.2, 0) is 21.9 Å². The Morgan fingerprint density at radius 2 is 1.72 bits per heavy atom. The molecule has 1 atom stereocenters. The van der Waals surface area contributed by atoms with Crippen LogP contribution >= 0.6 is 11.8 Å². The lowest BCUT2D eigenvalue weighted by atomic mass is 9.95. The van der Waals surface area contributed by atoms with E-state index in [-0.39, 0.29) is 17.9 Å². The SMILES string of the molecule is Cc1ccc(CSCC(=O)N(Cc2cccc(C)c2)C(C)C(=O)NC2CCCCC2)cc1. The summed E-state index contributed by atoms with van der Waals surface area (Å²) in [6.07, 6.45) is 5.66. The highest BCUT2D eigenvalue weighted by Crippen LogP contribution is 2.19. The molecule has 1 N–H and O–H groups in total. The molecule has 0 heterocycles. The molecule has 0 spiro atoms. The van der Waals surface area contributed by atoms with Crippen LogP contribution in [0.3, 0.4) is 0 Å². The van der Waals surface area contributed by atoms with Gasteiger partial charge in [-0.25, -0.2) is 0 Å². The van der Waals surface area contributed by atoms with Crippen molar-refractivity contribution >= 4 is 23.6 Å². The summed E-state index contributed by atoms with van der Waals surface area (Å²) in [5.41, 5.74) is 4.65. The van der Waals surface area contributed by atoms with Crippen molar-refractivity contribution in [2.45, 2.75) is 77.3 Å². The molecule has 172 valence electrons. The van der Waals surface area contributed by atoms with Gasteiger partial charge in [0.15, 0.2) is 0 Å². The van der Waals surface area contributed by atoms with Gasteiger partial charge in [-0.2, -0.15) is 0 Å². The number of carbonyl (C=O) groups excluding carboxylic acids is 2. The Bertz CT molecular complexity index is 891. The molecule has 0 aromatic heterocycles. The number of hydrogen-bond donors (Lipinski definition) is 1. The molecule has 32 heavy (non-hydrogen) atoms. The summed E-state index contributed by atoms with van der Waals surface area (Å²) in [5.74, 6) is 1.12.